The Kier molecular flexibility index (Phi) is 2.87. The molecule has 2 aromatic rings. The molecule has 96 valence electrons. The number of aromatic amines is 1. The van der Waals surface area contributed by atoms with Gasteiger partial charge in [-0.15, -0.1) is 5.10 Å². The second kappa shape index (κ2) is 4.55. The van der Waals surface area contributed by atoms with Gasteiger partial charge in [0.1, 0.15) is 11.1 Å². The number of hydrogen-bond acceptors (Lipinski definition) is 5. The first kappa shape index (κ1) is 12.0. The fraction of sp³-hybridized carbons (Fsp3) is 0.333. The van der Waals surface area contributed by atoms with Crippen molar-refractivity contribution in [3.63, 3.8) is 0 Å². The topological polar surface area (TPSA) is 87.4 Å². The smallest absolute Gasteiger partial charge is 0.267 e. The van der Waals surface area contributed by atoms with Crippen molar-refractivity contribution in [2.75, 3.05) is 0 Å². The minimum atomic E-state index is -0.198. The number of nitrogens with one attached hydrogen (secondary N) is 1. The second-order valence-electron chi connectivity index (χ2n) is 4.43. The van der Waals surface area contributed by atoms with Crippen LogP contribution in [0.15, 0.2) is 27.1 Å². The van der Waals surface area contributed by atoms with Crippen LogP contribution in [0.1, 0.15) is 30.1 Å². The van der Waals surface area contributed by atoms with E-state index < -0.39 is 0 Å². The van der Waals surface area contributed by atoms with E-state index in [0.29, 0.717) is 15.7 Å². The minimum absolute atomic E-state index is 0.198. The van der Waals surface area contributed by atoms with Gasteiger partial charge in [-0.05, 0) is 43.7 Å². The summed E-state index contributed by atoms with van der Waals surface area (Å²) in [5.74, 6) is 0. The molecule has 0 aliphatic heterocycles. The first-order chi connectivity index (χ1) is 9.19. The summed E-state index contributed by atoms with van der Waals surface area (Å²) in [4.78, 5) is 16.0. The first-order valence-corrected chi connectivity index (χ1v) is 6.73. The van der Waals surface area contributed by atoms with Crippen LogP contribution in [0.3, 0.4) is 0 Å². The molecular weight excluding hydrogens is 262 g/mol. The molecular formula is C12H11N5OS. The van der Waals surface area contributed by atoms with Gasteiger partial charge in [-0.3, -0.25) is 4.57 Å². The Morgan fingerprint density at radius 1 is 1.53 bits per heavy atom. The van der Waals surface area contributed by atoms with Gasteiger partial charge in [0.25, 0.3) is 0 Å². The van der Waals surface area contributed by atoms with Crippen LogP contribution in [0.25, 0.3) is 0 Å². The average Bonchev–Trinajstić information content (AvgIpc) is 3.15. The Balaban J connectivity index is 2.00. The highest BCUT2D eigenvalue weighted by atomic mass is 32.2. The third-order valence-corrected chi connectivity index (χ3v) is 3.87. The molecule has 1 saturated carbocycles. The lowest BCUT2D eigenvalue weighted by molar-refractivity contribution is 0.642. The number of aromatic nitrogens is 4. The molecule has 1 aliphatic carbocycles. The number of nitriles is 1. The zero-order valence-corrected chi connectivity index (χ0v) is 11.1. The SMILES string of the molecule is Cc1ccc(C#N)c(Sc2n[nH]c(=O)n2C2CC2)n1. The number of pyridine rings is 1. The van der Waals surface area contributed by atoms with Crippen LogP contribution in [-0.2, 0) is 0 Å². The van der Waals surface area contributed by atoms with Gasteiger partial charge < -0.3 is 0 Å². The van der Waals surface area contributed by atoms with Crippen LogP contribution in [0.4, 0.5) is 0 Å². The molecule has 6 nitrogen and oxygen atoms in total. The number of rotatable bonds is 3. The van der Waals surface area contributed by atoms with Crippen molar-refractivity contribution in [1.29, 1.82) is 5.26 Å². The summed E-state index contributed by atoms with van der Waals surface area (Å²) >= 11 is 1.26. The predicted octanol–water partition coefficient (Wildman–Crippen LogP) is 1.63. The van der Waals surface area contributed by atoms with E-state index in [2.05, 4.69) is 21.3 Å². The highest BCUT2D eigenvalue weighted by Gasteiger charge is 2.29. The summed E-state index contributed by atoms with van der Waals surface area (Å²) in [6.45, 7) is 1.86. The summed E-state index contributed by atoms with van der Waals surface area (Å²) in [6, 6.07) is 5.87. The zero-order valence-electron chi connectivity index (χ0n) is 10.3. The van der Waals surface area contributed by atoms with E-state index in [1.807, 2.05) is 6.92 Å². The molecule has 3 rings (SSSR count). The fourth-order valence-electron chi connectivity index (χ4n) is 1.80. The van der Waals surface area contributed by atoms with Crippen LogP contribution in [-0.4, -0.2) is 19.7 Å². The molecule has 0 unspecified atom stereocenters. The number of H-pyrrole nitrogens is 1. The Labute approximate surface area is 113 Å². The molecule has 0 radical (unpaired) electrons. The molecule has 0 spiro atoms. The Bertz CT molecular complexity index is 722. The Morgan fingerprint density at radius 2 is 2.32 bits per heavy atom. The van der Waals surface area contributed by atoms with Gasteiger partial charge in [0.2, 0.25) is 0 Å². The Morgan fingerprint density at radius 3 is 3.00 bits per heavy atom. The summed E-state index contributed by atoms with van der Waals surface area (Å²) in [5.41, 5.74) is 1.13. The van der Waals surface area contributed by atoms with Gasteiger partial charge in [0, 0.05) is 11.7 Å². The second-order valence-corrected chi connectivity index (χ2v) is 5.39. The zero-order chi connectivity index (χ0) is 13.4. The van der Waals surface area contributed by atoms with Crippen molar-refractivity contribution < 1.29 is 0 Å². The van der Waals surface area contributed by atoms with Crippen molar-refractivity contribution in [2.24, 2.45) is 0 Å². The average molecular weight is 273 g/mol. The monoisotopic (exact) mass is 273 g/mol. The van der Waals surface area contributed by atoms with E-state index in [-0.39, 0.29) is 11.7 Å². The third kappa shape index (κ3) is 2.27. The van der Waals surface area contributed by atoms with Gasteiger partial charge in [0.15, 0.2) is 5.16 Å². The van der Waals surface area contributed by atoms with Crippen LogP contribution in [0.5, 0.6) is 0 Å². The highest BCUT2D eigenvalue weighted by Crippen LogP contribution is 2.37. The molecule has 2 aromatic heterocycles. The van der Waals surface area contributed by atoms with Gasteiger partial charge in [-0.25, -0.2) is 14.9 Å². The van der Waals surface area contributed by atoms with Crippen LogP contribution in [0, 0.1) is 18.3 Å². The van der Waals surface area contributed by atoms with Crippen molar-refractivity contribution in [1.82, 2.24) is 19.7 Å². The van der Waals surface area contributed by atoms with Crippen molar-refractivity contribution >= 4 is 11.8 Å². The van der Waals surface area contributed by atoms with E-state index in [4.69, 9.17) is 5.26 Å². The van der Waals surface area contributed by atoms with Gasteiger partial charge in [-0.1, -0.05) is 0 Å². The van der Waals surface area contributed by atoms with Crippen molar-refractivity contribution in [2.45, 2.75) is 36.0 Å². The standard InChI is InChI=1S/C12H11N5OS/c1-7-2-3-8(6-13)10(14-7)19-12-16-15-11(18)17(12)9-4-5-9/h2-3,9H,4-5H2,1H3,(H,15,18). The maximum absolute atomic E-state index is 11.7. The third-order valence-electron chi connectivity index (χ3n) is 2.89. The lowest BCUT2D eigenvalue weighted by atomic mass is 10.3. The first-order valence-electron chi connectivity index (χ1n) is 5.91. The Hall–Kier alpha value is -2.07. The molecule has 1 aliphatic rings. The predicted molar refractivity (Wildman–Crippen MR) is 68.9 cm³/mol. The molecule has 0 aromatic carbocycles. The molecule has 7 heteroatoms. The van der Waals surface area contributed by atoms with Crippen LogP contribution < -0.4 is 5.69 Å². The maximum Gasteiger partial charge on any atom is 0.344 e. The highest BCUT2D eigenvalue weighted by molar-refractivity contribution is 7.99. The van der Waals surface area contributed by atoms with Crippen molar-refractivity contribution in [3.8, 4) is 6.07 Å². The quantitative estimate of drug-likeness (QED) is 0.918. The normalized spacial score (nSPS) is 14.3. The number of aryl methyl sites for hydroxylation is 1. The summed E-state index contributed by atoms with van der Waals surface area (Å²) in [5, 5.41) is 16.7. The van der Waals surface area contributed by atoms with E-state index in [1.165, 1.54) is 11.8 Å². The molecule has 19 heavy (non-hydrogen) atoms. The van der Waals surface area contributed by atoms with E-state index in [1.54, 1.807) is 16.7 Å². The van der Waals surface area contributed by atoms with Crippen molar-refractivity contribution in [3.05, 3.63) is 33.9 Å². The lowest BCUT2D eigenvalue weighted by Crippen LogP contribution is -2.16. The molecule has 1 fully saturated rings. The minimum Gasteiger partial charge on any atom is -0.267 e. The van der Waals surface area contributed by atoms with Gasteiger partial charge in [-0.2, -0.15) is 5.26 Å². The lowest BCUT2D eigenvalue weighted by Gasteiger charge is -2.04. The van der Waals surface area contributed by atoms with Gasteiger partial charge >= 0.3 is 5.69 Å². The molecule has 1 N–H and O–H groups in total. The van der Waals surface area contributed by atoms with Gasteiger partial charge in [0.05, 0.1) is 5.56 Å². The number of hydrogen-bond donors (Lipinski definition) is 1. The van der Waals surface area contributed by atoms with E-state index >= 15 is 0 Å². The van der Waals surface area contributed by atoms with E-state index in [0.717, 1.165) is 18.5 Å². The molecule has 0 atom stereocenters. The summed E-state index contributed by atoms with van der Waals surface area (Å²) in [7, 11) is 0. The maximum atomic E-state index is 11.7. The number of nitrogens with zero attached hydrogens (tertiary/aromatic N) is 4. The molecule has 2 heterocycles. The van der Waals surface area contributed by atoms with E-state index in [9.17, 15) is 4.79 Å². The molecule has 0 saturated heterocycles. The molecule has 0 bridgehead atoms. The fourth-order valence-corrected chi connectivity index (χ4v) is 2.81. The van der Waals surface area contributed by atoms with Crippen LogP contribution in [0.2, 0.25) is 0 Å². The summed E-state index contributed by atoms with van der Waals surface area (Å²) < 4.78 is 1.65. The van der Waals surface area contributed by atoms with Crippen LogP contribution >= 0.6 is 11.8 Å². The molecule has 0 amide bonds. The summed E-state index contributed by atoms with van der Waals surface area (Å²) in [6.07, 6.45) is 2.00. The largest absolute Gasteiger partial charge is 0.344 e.